The fourth-order valence-corrected chi connectivity index (χ4v) is 2.82. The number of aryl methyl sites for hydroxylation is 1. The Hall–Kier alpha value is -2.14. The predicted molar refractivity (Wildman–Crippen MR) is 85.7 cm³/mol. The van der Waals surface area contributed by atoms with E-state index in [1.165, 1.54) is 0 Å². The van der Waals surface area contributed by atoms with E-state index in [1.807, 2.05) is 48.0 Å². The number of methoxy groups -OCH3 is 2. The van der Waals surface area contributed by atoms with Crippen molar-refractivity contribution in [2.75, 3.05) is 14.2 Å². The number of nitrogens with zero attached hydrogens (tertiary/aromatic N) is 2. The van der Waals surface area contributed by atoms with Gasteiger partial charge in [0.2, 0.25) is 0 Å². The van der Waals surface area contributed by atoms with E-state index in [4.69, 9.17) is 9.47 Å². The molecule has 0 aliphatic rings. The Morgan fingerprint density at radius 2 is 2.10 bits per heavy atom. The third-order valence-corrected chi connectivity index (χ3v) is 3.84. The number of aromatic nitrogens is 2. The summed E-state index contributed by atoms with van der Waals surface area (Å²) in [5, 5.41) is 6.53. The summed E-state index contributed by atoms with van der Waals surface area (Å²) in [7, 11) is 3.28. The molecule has 0 saturated carbocycles. The van der Waals surface area contributed by atoms with Gasteiger partial charge in [-0.2, -0.15) is 0 Å². The molecule has 0 radical (unpaired) electrons. The van der Waals surface area contributed by atoms with Gasteiger partial charge >= 0.3 is 0 Å². The summed E-state index contributed by atoms with van der Waals surface area (Å²) in [4.78, 5) is 0. The van der Waals surface area contributed by atoms with Crippen LogP contribution in [0.2, 0.25) is 0 Å². The highest BCUT2D eigenvalue weighted by atomic mass is 32.1. The van der Waals surface area contributed by atoms with E-state index in [-0.39, 0.29) is 0 Å². The third kappa shape index (κ3) is 3.49. The van der Waals surface area contributed by atoms with Gasteiger partial charge in [0.25, 0.3) is 5.01 Å². The Bertz CT molecular complexity index is 662. The zero-order valence-corrected chi connectivity index (χ0v) is 13.3. The Morgan fingerprint density at radius 3 is 2.76 bits per heavy atom. The van der Waals surface area contributed by atoms with Crippen molar-refractivity contribution in [2.45, 2.75) is 13.5 Å². The molecule has 4 nitrogen and oxygen atoms in total. The summed E-state index contributed by atoms with van der Waals surface area (Å²) in [6.07, 6.45) is 5.88. The first-order valence-corrected chi connectivity index (χ1v) is 7.38. The molecule has 0 unspecified atom stereocenters. The molecule has 1 heterocycles. The van der Waals surface area contributed by atoms with Crippen molar-refractivity contribution in [1.29, 1.82) is 0 Å². The van der Waals surface area contributed by atoms with Crippen LogP contribution in [-0.4, -0.2) is 19.3 Å². The van der Waals surface area contributed by atoms with Crippen molar-refractivity contribution in [3.63, 3.8) is 0 Å². The first-order valence-electron chi connectivity index (χ1n) is 6.57. The van der Waals surface area contributed by atoms with E-state index in [9.17, 15) is 0 Å². The molecule has 0 aliphatic heterocycles. The molecule has 0 fully saturated rings. The molecule has 0 amide bonds. The Morgan fingerprint density at radius 1 is 1.29 bits per heavy atom. The van der Waals surface area contributed by atoms with Gasteiger partial charge in [-0.05, 0) is 36.5 Å². The minimum atomic E-state index is 0.694. The molecule has 0 aliphatic carbocycles. The van der Waals surface area contributed by atoms with E-state index < -0.39 is 0 Å². The van der Waals surface area contributed by atoms with Crippen molar-refractivity contribution in [3.8, 4) is 11.5 Å². The number of allylic oxidation sites excluding steroid dienone is 1. The lowest BCUT2D eigenvalue weighted by atomic mass is 10.1. The summed E-state index contributed by atoms with van der Waals surface area (Å²) >= 11 is 1.64. The number of hydrogen-bond acceptors (Lipinski definition) is 4. The highest BCUT2D eigenvalue weighted by Gasteiger charge is 2.14. The minimum Gasteiger partial charge on any atom is -0.493 e. The number of rotatable bonds is 6. The molecule has 0 spiro atoms. The van der Waals surface area contributed by atoms with Crippen LogP contribution < -0.4 is 14.2 Å². The topological polar surface area (TPSA) is 35.2 Å². The molecule has 2 aromatic rings. The lowest BCUT2D eigenvalue weighted by molar-refractivity contribution is -0.741. The van der Waals surface area contributed by atoms with E-state index in [2.05, 4.69) is 11.7 Å². The second-order valence-corrected chi connectivity index (χ2v) is 5.56. The molecule has 1 aromatic heterocycles. The van der Waals surface area contributed by atoms with Gasteiger partial charge in [-0.3, -0.25) is 0 Å². The fraction of sp³-hybridized carbons (Fsp3) is 0.250. The standard InChI is InChI=1S/C16H19N2O2S/c1-5-11-18-15(21-12(2)17-18)10-9-13-7-6-8-14(19-3)16(13)20-4/h5-10H,1,11H2,2-4H3/q+1. The second-order valence-electron chi connectivity index (χ2n) is 4.35. The van der Waals surface area contributed by atoms with Crippen LogP contribution in [0.4, 0.5) is 0 Å². The first-order chi connectivity index (χ1) is 10.2. The molecule has 0 bridgehead atoms. The first kappa shape index (κ1) is 15.3. The van der Waals surface area contributed by atoms with Crippen molar-refractivity contribution < 1.29 is 14.2 Å². The van der Waals surface area contributed by atoms with E-state index in [0.717, 1.165) is 27.1 Å². The lowest BCUT2D eigenvalue weighted by Crippen LogP contribution is -2.37. The van der Waals surface area contributed by atoms with Crippen LogP contribution in [-0.2, 0) is 6.54 Å². The van der Waals surface area contributed by atoms with Crippen LogP contribution in [0, 0.1) is 6.92 Å². The maximum atomic E-state index is 5.43. The van der Waals surface area contributed by atoms with Gasteiger partial charge in [0.1, 0.15) is 0 Å². The molecule has 2 rings (SSSR count). The zero-order chi connectivity index (χ0) is 15.2. The van der Waals surface area contributed by atoms with Gasteiger partial charge in [0.05, 0.1) is 14.2 Å². The minimum absolute atomic E-state index is 0.694. The van der Waals surface area contributed by atoms with Gasteiger partial charge < -0.3 is 9.47 Å². The van der Waals surface area contributed by atoms with Crippen molar-refractivity contribution in [3.05, 3.63) is 46.4 Å². The predicted octanol–water partition coefficient (Wildman–Crippen LogP) is 3.11. The maximum absolute atomic E-state index is 5.43. The molecule has 0 saturated heterocycles. The summed E-state index contributed by atoms with van der Waals surface area (Å²) < 4.78 is 12.7. The van der Waals surface area contributed by atoms with Crippen LogP contribution in [0.25, 0.3) is 12.2 Å². The quantitative estimate of drug-likeness (QED) is 0.607. The lowest BCUT2D eigenvalue weighted by Gasteiger charge is -2.09. The maximum Gasteiger partial charge on any atom is 0.289 e. The van der Waals surface area contributed by atoms with E-state index in [0.29, 0.717) is 6.54 Å². The average Bonchev–Trinajstić information content (AvgIpc) is 2.84. The van der Waals surface area contributed by atoms with Crippen LogP contribution in [0.5, 0.6) is 11.5 Å². The summed E-state index contributed by atoms with van der Waals surface area (Å²) in [6.45, 7) is 6.45. The van der Waals surface area contributed by atoms with Crippen LogP contribution in [0.1, 0.15) is 15.6 Å². The average molecular weight is 303 g/mol. The SMILES string of the molecule is C=CC[n+]1nc(C)sc1C=Cc1cccc(OC)c1OC. The van der Waals surface area contributed by atoms with Crippen LogP contribution in [0.3, 0.4) is 0 Å². The molecule has 0 N–H and O–H groups in total. The van der Waals surface area contributed by atoms with Gasteiger partial charge in [0, 0.05) is 16.7 Å². The smallest absolute Gasteiger partial charge is 0.289 e. The van der Waals surface area contributed by atoms with E-state index >= 15 is 0 Å². The Labute approximate surface area is 129 Å². The summed E-state index contributed by atoms with van der Waals surface area (Å²) in [6, 6.07) is 5.81. The molecule has 110 valence electrons. The summed E-state index contributed by atoms with van der Waals surface area (Å²) in [5.74, 6) is 1.45. The van der Waals surface area contributed by atoms with Crippen molar-refractivity contribution in [2.24, 2.45) is 0 Å². The number of ether oxygens (including phenoxy) is 2. The highest BCUT2D eigenvalue weighted by Crippen LogP contribution is 2.31. The number of hydrogen-bond donors (Lipinski definition) is 0. The zero-order valence-electron chi connectivity index (χ0n) is 12.5. The normalized spacial score (nSPS) is 10.8. The van der Waals surface area contributed by atoms with Crippen molar-refractivity contribution in [1.82, 2.24) is 5.10 Å². The number of benzene rings is 1. The van der Waals surface area contributed by atoms with Crippen LogP contribution in [0.15, 0.2) is 30.9 Å². The van der Waals surface area contributed by atoms with Crippen LogP contribution >= 0.6 is 11.3 Å². The molecule has 21 heavy (non-hydrogen) atoms. The van der Waals surface area contributed by atoms with E-state index in [1.54, 1.807) is 25.6 Å². The highest BCUT2D eigenvalue weighted by molar-refractivity contribution is 7.11. The Kier molecular flexibility index (Phi) is 5.11. The monoisotopic (exact) mass is 303 g/mol. The molecule has 0 atom stereocenters. The number of para-hydroxylation sites is 1. The molecule has 5 heteroatoms. The Balaban J connectivity index is 2.35. The van der Waals surface area contributed by atoms with Gasteiger partial charge in [-0.15, -0.1) is 0 Å². The summed E-state index contributed by atoms with van der Waals surface area (Å²) in [5.41, 5.74) is 0.966. The largest absolute Gasteiger partial charge is 0.493 e. The molecule has 1 aromatic carbocycles. The third-order valence-electron chi connectivity index (χ3n) is 2.91. The fourth-order valence-electron chi connectivity index (χ4n) is 2.02. The van der Waals surface area contributed by atoms with Gasteiger partial charge in [-0.1, -0.05) is 23.4 Å². The van der Waals surface area contributed by atoms with Gasteiger partial charge in [-0.25, -0.2) is 0 Å². The molecular formula is C16H19N2O2S+. The van der Waals surface area contributed by atoms with Gasteiger partial charge in [0.15, 0.2) is 23.1 Å². The van der Waals surface area contributed by atoms with Crippen molar-refractivity contribution >= 4 is 23.5 Å². The molecular weight excluding hydrogens is 284 g/mol. The second kappa shape index (κ2) is 7.04.